The molecule has 2 aromatic rings. The van der Waals surface area contributed by atoms with Crippen LogP contribution < -0.4 is 5.32 Å². The van der Waals surface area contributed by atoms with Crippen LogP contribution in [0.4, 0.5) is 0 Å². The molecule has 1 N–H and O–H groups in total. The fraction of sp³-hybridized carbons (Fsp3) is 0.154. The van der Waals surface area contributed by atoms with E-state index in [0.717, 1.165) is 9.35 Å². The molecule has 0 saturated carbocycles. The molecule has 0 radical (unpaired) electrons. The average Bonchev–Trinajstić information content (AvgIpc) is 2.83. The molecule has 1 heterocycles. The molecule has 0 fully saturated rings. The lowest BCUT2D eigenvalue weighted by Gasteiger charge is -2.15. The summed E-state index contributed by atoms with van der Waals surface area (Å²) >= 11 is 10.7. The number of carbonyl (C=O) groups is 1. The first kappa shape index (κ1) is 13.6. The predicted octanol–water partition coefficient (Wildman–Crippen LogP) is 4.22. The maximum absolute atomic E-state index is 12.0. The van der Waals surface area contributed by atoms with Crippen molar-refractivity contribution in [3.05, 3.63) is 56.7 Å². The van der Waals surface area contributed by atoms with E-state index in [2.05, 4.69) is 21.2 Å². The molecule has 0 spiro atoms. The zero-order valence-electron chi connectivity index (χ0n) is 9.40. The molecule has 5 heteroatoms. The Morgan fingerprint density at radius 3 is 2.67 bits per heavy atom. The van der Waals surface area contributed by atoms with Crippen molar-refractivity contribution in [3.63, 3.8) is 0 Å². The fourth-order valence-corrected chi connectivity index (χ4v) is 2.96. The van der Waals surface area contributed by atoms with Gasteiger partial charge in [-0.15, -0.1) is 22.9 Å². The van der Waals surface area contributed by atoms with Gasteiger partial charge in [-0.1, -0.05) is 30.3 Å². The van der Waals surface area contributed by atoms with Crippen molar-refractivity contribution in [1.29, 1.82) is 0 Å². The number of rotatable bonds is 4. The Morgan fingerprint density at radius 2 is 2.11 bits per heavy atom. The molecule has 1 unspecified atom stereocenters. The van der Waals surface area contributed by atoms with Crippen molar-refractivity contribution in [2.75, 3.05) is 5.88 Å². The molecule has 0 bridgehead atoms. The fourth-order valence-electron chi connectivity index (χ4n) is 1.57. The standard InChI is InChI=1S/C13H11BrClNOS/c14-12-6-10(8-18-12)13(17)16-11(7-15)9-4-2-1-3-5-9/h1-6,8,11H,7H2,(H,16,17). The Labute approximate surface area is 123 Å². The highest BCUT2D eigenvalue weighted by molar-refractivity contribution is 9.11. The van der Waals surface area contributed by atoms with Gasteiger partial charge in [0, 0.05) is 11.3 Å². The molecule has 1 aromatic heterocycles. The Bertz CT molecular complexity index is 529. The van der Waals surface area contributed by atoms with Gasteiger partial charge in [0.1, 0.15) is 0 Å². The quantitative estimate of drug-likeness (QED) is 0.827. The highest BCUT2D eigenvalue weighted by Gasteiger charge is 2.15. The van der Waals surface area contributed by atoms with Crippen LogP contribution in [0.15, 0.2) is 45.6 Å². The topological polar surface area (TPSA) is 29.1 Å². The molecule has 2 nitrogen and oxygen atoms in total. The number of halogens is 2. The van der Waals surface area contributed by atoms with Crippen LogP contribution in [0.1, 0.15) is 22.0 Å². The molecule has 0 aliphatic heterocycles. The van der Waals surface area contributed by atoms with E-state index >= 15 is 0 Å². The monoisotopic (exact) mass is 343 g/mol. The van der Waals surface area contributed by atoms with Gasteiger partial charge in [-0.2, -0.15) is 0 Å². The first-order valence-corrected chi connectivity index (χ1v) is 7.57. The van der Waals surface area contributed by atoms with Gasteiger partial charge in [0.25, 0.3) is 5.91 Å². The minimum absolute atomic E-state index is 0.105. The summed E-state index contributed by atoms with van der Waals surface area (Å²) in [7, 11) is 0. The van der Waals surface area contributed by atoms with Crippen LogP contribution in [0.2, 0.25) is 0 Å². The van der Waals surface area contributed by atoms with Crippen molar-refractivity contribution >= 4 is 44.8 Å². The Morgan fingerprint density at radius 1 is 1.39 bits per heavy atom. The molecule has 1 atom stereocenters. The number of hydrogen-bond donors (Lipinski definition) is 1. The van der Waals surface area contributed by atoms with Crippen LogP contribution in [0.25, 0.3) is 0 Å². The molecular formula is C13H11BrClNOS. The first-order valence-electron chi connectivity index (χ1n) is 5.36. The van der Waals surface area contributed by atoms with Gasteiger partial charge in [0.15, 0.2) is 0 Å². The summed E-state index contributed by atoms with van der Waals surface area (Å²) < 4.78 is 0.940. The lowest BCUT2D eigenvalue weighted by molar-refractivity contribution is 0.0941. The van der Waals surface area contributed by atoms with Crippen LogP contribution in [0.5, 0.6) is 0 Å². The predicted molar refractivity (Wildman–Crippen MR) is 79.4 cm³/mol. The third-order valence-corrected chi connectivity index (χ3v) is 4.30. The third-order valence-electron chi connectivity index (χ3n) is 2.49. The van der Waals surface area contributed by atoms with Gasteiger partial charge in [0.05, 0.1) is 15.4 Å². The third kappa shape index (κ3) is 3.34. The summed E-state index contributed by atoms with van der Waals surface area (Å²) in [5.74, 6) is 0.243. The second-order valence-electron chi connectivity index (χ2n) is 3.73. The minimum Gasteiger partial charge on any atom is -0.344 e. The number of nitrogens with one attached hydrogen (secondary N) is 1. The lowest BCUT2D eigenvalue weighted by atomic mass is 10.1. The van der Waals surface area contributed by atoms with Crippen molar-refractivity contribution in [2.45, 2.75) is 6.04 Å². The summed E-state index contributed by atoms with van der Waals surface area (Å²) in [6.07, 6.45) is 0. The highest BCUT2D eigenvalue weighted by atomic mass is 79.9. The second kappa shape index (κ2) is 6.36. The molecule has 0 aliphatic rings. The molecule has 1 aromatic carbocycles. The van der Waals surface area contributed by atoms with E-state index in [0.29, 0.717) is 11.4 Å². The molecule has 2 rings (SSSR count). The van der Waals surface area contributed by atoms with Crippen LogP contribution in [0, 0.1) is 0 Å². The Kier molecular flexibility index (Phi) is 4.80. The highest BCUT2D eigenvalue weighted by Crippen LogP contribution is 2.22. The van der Waals surface area contributed by atoms with Gasteiger partial charge in [-0.3, -0.25) is 4.79 Å². The number of amides is 1. The van der Waals surface area contributed by atoms with Crippen molar-refractivity contribution in [2.24, 2.45) is 0 Å². The van der Waals surface area contributed by atoms with Gasteiger partial charge in [-0.05, 0) is 27.6 Å². The summed E-state index contributed by atoms with van der Waals surface area (Å²) in [5.41, 5.74) is 1.66. The smallest absolute Gasteiger partial charge is 0.252 e. The molecular weight excluding hydrogens is 334 g/mol. The van der Waals surface area contributed by atoms with Crippen molar-refractivity contribution in [1.82, 2.24) is 5.32 Å². The SMILES string of the molecule is O=C(NC(CCl)c1ccccc1)c1csc(Br)c1. The zero-order valence-corrected chi connectivity index (χ0v) is 12.6. The second-order valence-corrected chi connectivity index (χ2v) is 6.33. The van der Waals surface area contributed by atoms with Gasteiger partial charge in [0.2, 0.25) is 0 Å². The Hall–Kier alpha value is -0.840. The maximum atomic E-state index is 12.0. The van der Waals surface area contributed by atoms with E-state index in [9.17, 15) is 4.79 Å². The van der Waals surface area contributed by atoms with Crippen LogP contribution in [-0.4, -0.2) is 11.8 Å². The summed E-state index contributed by atoms with van der Waals surface area (Å²) in [4.78, 5) is 12.0. The van der Waals surface area contributed by atoms with E-state index in [4.69, 9.17) is 11.6 Å². The molecule has 18 heavy (non-hydrogen) atoms. The van der Waals surface area contributed by atoms with Gasteiger partial charge in [-0.25, -0.2) is 0 Å². The minimum atomic E-state index is -0.168. The van der Waals surface area contributed by atoms with Gasteiger partial charge < -0.3 is 5.32 Å². The zero-order chi connectivity index (χ0) is 13.0. The number of alkyl halides is 1. The van der Waals surface area contributed by atoms with E-state index in [1.165, 1.54) is 11.3 Å². The number of benzene rings is 1. The first-order chi connectivity index (χ1) is 8.70. The molecule has 0 aliphatic carbocycles. The maximum Gasteiger partial charge on any atom is 0.252 e. The van der Waals surface area contributed by atoms with E-state index < -0.39 is 0 Å². The lowest BCUT2D eigenvalue weighted by Crippen LogP contribution is -2.29. The van der Waals surface area contributed by atoms with Crippen molar-refractivity contribution in [3.8, 4) is 0 Å². The number of carbonyl (C=O) groups excluding carboxylic acids is 1. The summed E-state index contributed by atoms with van der Waals surface area (Å²) in [5, 5.41) is 4.74. The molecule has 0 saturated heterocycles. The van der Waals surface area contributed by atoms with E-state index in [1.54, 1.807) is 6.07 Å². The summed E-state index contributed by atoms with van der Waals surface area (Å²) in [6.45, 7) is 0. The van der Waals surface area contributed by atoms with Crippen LogP contribution in [-0.2, 0) is 0 Å². The van der Waals surface area contributed by atoms with Gasteiger partial charge >= 0.3 is 0 Å². The number of thiophene rings is 1. The summed E-state index contributed by atoms with van der Waals surface area (Å²) in [6, 6.07) is 11.3. The largest absolute Gasteiger partial charge is 0.344 e. The van der Waals surface area contributed by atoms with Crippen molar-refractivity contribution < 1.29 is 4.79 Å². The van der Waals surface area contributed by atoms with E-state index in [1.807, 2.05) is 35.7 Å². The average molecular weight is 345 g/mol. The molecule has 94 valence electrons. The van der Waals surface area contributed by atoms with E-state index in [-0.39, 0.29) is 11.9 Å². The molecule has 1 amide bonds. The Balaban J connectivity index is 2.10. The number of hydrogen-bond acceptors (Lipinski definition) is 2. The normalized spacial score (nSPS) is 12.1. The van der Waals surface area contributed by atoms with Crippen LogP contribution in [0.3, 0.4) is 0 Å². The van der Waals surface area contributed by atoms with Crippen LogP contribution >= 0.6 is 38.9 Å².